The van der Waals surface area contributed by atoms with Gasteiger partial charge in [-0.15, -0.1) is 0 Å². The molecule has 0 radical (unpaired) electrons. The van der Waals surface area contributed by atoms with Crippen molar-refractivity contribution in [2.75, 3.05) is 20.3 Å². The number of methoxy groups -OCH3 is 1. The SMILES string of the molecule is COCCOc1cc(Cl)cc(CBr)c1. The Morgan fingerprint density at radius 1 is 1.29 bits per heavy atom. The Bertz CT molecular complexity index is 291. The fourth-order valence-electron chi connectivity index (χ4n) is 1.02. The van der Waals surface area contributed by atoms with Gasteiger partial charge in [0.05, 0.1) is 6.61 Å². The van der Waals surface area contributed by atoms with Gasteiger partial charge in [0.1, 0.15) is 12.4 Å². The van der Waals surface area contributed by atoms with Crippen LogP contribution in [0.2, 0.25) is 5.02 Å². The summed E-state index contributed by atoms with van der Waals surface area (Å²) in [4.78, 5) is 0. The molecule has 0 unspecified atom stereocenters. The number of halogens is 2. The molecular weight excluding hydrogens is 267 g/mol. The van der Waals surface area contributed by atoms with E-state index in [-0.39, 0.29) is 0 Å². The molecule has 1 aromatic rings. The minimum atomic E-state index is 0.540. The maximum atomic E-state index is 5.91. The summed E-state index contributed by atoms with van der Waals surface area (Å²) in [6, 6.07) is 5.65. The Kier molecular flexibility index (Phi) is 5.30. The quantitative estimate of drug-likeness (QED) is 0.608. The van der Waals surface area contributed by atoms with E-state index in [0.717, 1.165) is 16.6 Å². The van der Waals surface area contributed by atoms with Crippen LogP contribution < -0.4 is 4.74 Å². The molecule has 0 spiro atoms. The molecule has 0 aliphatic heterocycles. The first-order chi connectivity index (χ1) is 6.76. The van der Waals surface area contributed by atoms with Crippen molar-refractivity contribution in [3.8, 4) is 5.75 Å². The summed E-state index contributed by atoms with van der Waals surface area (Å²) >= 11 is 9.28. The van der Waals surface area contributed by atoms with E-state index in [0.29, 0.717) is 18.2 Å². The smallest absolute Gasteiger partial charge is 0.121 e. The van der Waals surface area contributed by atoms with Crippen LogP contribution in [0.3, 0.4) is 0 Å². The van der Waals surface area contributed by atoms with Gasteiger partial charge in [0.2, 0.25) is 0 Å². The molecule has 0 atom stereocenters. The lowest BCUT2D eigenvalue weighted by Gasteiger charge is -2.07. The lowest BCUT2D eigenvalue weighted by molar-refractivity contribution is 0.146. The first-order valence-electron chi connectivity index (χ1n) is 4.23. The summed E-state index contributed by atoms with van der Waals surface area (Å²) in [7, 11) is 1.64. The fraction of sp³-hybridized carbons (Fsp3) is 0.400. The molecule has 14 heavy (non-hydrogen) atoms. The van der Waals surface area contributed by atoms with Gasteiger partial charge < -0.3 is 9.47 Å². The molecule has 2 nitrogen and oxygen atoms in total. The molecule has 0 saturated heterocycles. The Hall–Kier alpha value is -0.250. The molecule has 1 rings (SSSR count). The summed E-state index contributed by atoms with van der Waals surface area (Å²) in [5.74, 6) is 0.781. The third kappa shape index (κ3) is 3.86. The van der Waals surface area contributed by atoms with E-state index in [9.17, 15) is 0 Å². The third-order valence-electron chi connectivity index (χ3n) is 1.64. The predicted octanol–water partition coefficient (Wildman–Crippen LogP) is 3.26. The molecule has 1 aromatic carbocycles. The highest BCUT2D eigenvalue weighted by Gasteiger charge is 1.99. The monoisotopic (exact) mass is 278 g/mol. The number of hydrogen-bond acceptors (Lipinski definition) is 2. The second-order valence-electron chi connectivity index (χ2n) is 2.77. The highest BCUT2D eigenvalue weighted by Crippen LogP contribution is 2.22. The number of benzene rings is 1. The van der Waals surface area contributed by atoms with Gasteiger partial charge in [0.15, 0.2) is 0 Å². The molecule has 78 valence electrons. The van der Waals surface area contributed by atoms with Crippen molar-refractivity contribution in [1.82, 2.24) is 0 Å². The number of ether oxygens (including phenoxy) is 2. The standard InChI is InChI=1S/C10H12BrClO2/c1-13-2-3-14-10-5-8(7-11)4-9(12)6-10/h4-6H,2-3,7H2,1H3. The van der Waals surface area contributed by atoms with Crippen LogP contribution in [0, 0.1) is 0 Å². The van der Waals surface area contributed by atoms with E-state index in [4.69, 9.17) is 21.1 Å². The molecule has 0 bridgehead atoms. The molecular formula is C10H12BrClO2. The van der Waals surface area contributed by atoms with Crippen molar-refractivity contribution in [3.63, 3.8) is 0 Å². The largest absolute Gasteiger partial charge is 0.491 e. The Morgan fingerprint density at radius 3 is 2.71 bits per heavy atom. The Morgan fingerprint density at radius 2 is 2.07 bits per heavy atom. The van der Waals surface area contributed by atoms with Crippen LogP contribution in [-0.2, 0) is 10.1 Å². The molecule has 0 aliphatic rings. The number of hydrogen-bond donors (Lipinski definition) is 0. The van der Waals surface area contributed by atoms with Crippen LogP contribution in [0.5, 0.6) is 5.75 Å². The van der Waals surface area contributed by atoms with Crippen LogP contribution in [0.25, 0.3) is 0 Å². The summed E-state index contributed by atoms with van der Waals surface area (Å²) in [6.45, 7) is 1.12. The van der Waals surface area contributed by atoms with E-state index in [1.807, 2.05) is 12.1 Å². The normalized spacial score (nSPS) is 10.2. The minimum Gasteiger partial charge on any atom is -0.491 e. The van der Waals surface area contributed by atoms with Gasteiger partial charge in [-0.2, -0.15) is 0 Å². The van der Waals surface area contributed by atoms with E-state index < -0.39 is 0 Å². The third-order valence-corrected chi connectivity index (χ3v) is 2.51. The lowest BCUT2D eigenvalue weighted by Crippen LogP contribution is -2.04. The summed E-state index contributed by atoms with van der Waals surface area (Å²) in [5.41, 5.74) is 1.10. The van der Waals surface area contributed by atoms with Crippen LogP contribution in [0.1, 0.15) is 5.56 Å². The summed E-state index contributed by atoms with van der Waals surface area (Å²) < 4.78 is 10.3. The van der Waals surface area contributed by atoms with Crippen LogP contribution in [-0.4, -0.2) is 20.3 Å². The Labute approximate surface area is 97.3 Å². The molecule has 0 fully saturated rings. The van der Waals surface area contributed by atoms with Gasteiger partial charge in [-0.05, 0) is 23.8 Å². The van der Waals surface area contributed by atoms with Crippen molar-refractivity contribution in [1.29, 1.82) is 0 Å². The number of rotatable bonds is 5. The van der Waals surface area contributed by atoms with Gasteiger partial charge in [0.25, 0.3) is 0 Å². The van der Waals surface area contributed by atoms with Gasteiger partial charge in [-0.25, -0.2) is 0 Å². The summed E-state index contributed by atoms with van der Waals surface area (Å²) in [6.07, 6.45) is 0. The molecule has 0 saturated carbocycles. The highest BCUT2D eigenvalue weighted by molar-refractivity contribution is 9.08. The van der Waals surface area contributed by atoms with Crippen LogP contribution in [0.4, 0.5) is 0 Å². The average molecular weight is 280 g/mol. The van der Waals surface area contributed by atoms with Crippen molar-refractivity contribution >= 4 is 27.5 Å². The maximum Gasteiger partial charge on any atom is 0.121 e. The molecule has 0 amide bonds. The molecule has 0 N–H and O–H groups in total. The van der Waals surface area contributed by atoms with E-state index in [2.05, 4.69) is 15.9 Å². The van der Waals surface area contributed by atoms with E-state index >= 15 is 0 Å². The van der Waals surface area contributed by atoms with E-state index in [1.165, 1.54) is 0 Å². The fourth-order valence-corrected chi connectivity index (χ4v) is 1.60. The second-order valence-corrected chi connectivity index (χ2v) is 3.77. The van der Waals surface area contributed by atoms with Crippen LogP contribution in [0.15, 0.2) is 18.2 Å². The van der Waals surface area contributed by atoms with Gasteiger partial charge in [-0.3, -0.25) is 0 Å². The molecule has 0 heterocycles. The molecule has 0 aliphatic carbocycles. The van der Waals surface area contributed by atoms with Crippen molar-refractivity contribution in [3.05, 3.63) is 28.8 Å². The minimum absolute atomic E-state index is 0.540. The first kappa shape index (κ1) is 11.8. The highest BCUT2D eigenvalue weighted by atomic mass is 79.9. The molecule has 0 aromatic heterocycles. The van der Waals surface area contributed by atoms with E-state index in [1.54, 1.807) is 13.2 Å². The zero-order valence-electron chi connectivity index (χ0n) is 7.93. The van der Waals surface area contributed by atoms with Gasteiger partial charge in [-0.1, -0.05) is 27.5 Å². The van der Waals surface area contributed by atoms with Crippen LogP contribution >= 0.6 is 27.5 Å². The second kappa shape index (κ2) is 6.27. The van der Waals surface area contributed by atoms with Gasteiger partial charge in [0, 0.05) is 17.5 Å². The van der Waals surface area contributed by atoms with Gasteiger partial charge >= 0.3 is 0 Å². The topological polar surface area (TPSA) is 18.5 Å². The average Bonchev–Trinajstić information content (AvgIpc) is 2.17. The zero-order chi connectivity index (χ0) is 10.4. The maximum absolute atomic E-state index is 5.91. The molecule has 4 heteroatoms. The van der Waals surface area contributed by atoms with Crippen molar-refractivity contribution < 1.29 is 9.47 Å². The lowest BCUT2D eigenvalue weighted by atomic mass is 10.2. The Balaban J connectivity index is 2.62. The zero-order valence-corrected chi connectivity index (χ0v) is 10.3. The van der Waals surface area contributed by atoms with Crippen molar-refractivity contribution in [2.24, 2.45) is 0 Å². The first-order valence-corrected chi connectivity index (χ1v) is 5.73. The summed E-state index contributed by atoms with van der Waals surface area (Å²) in [5, 5.41) is 1.46. The van der Waals surface area contributed by atoms with Crippen molar-refractivity contribution in [2.45, 2.75) is 5.33 Å². The predicted molar refractivity (Wildman–Crippen MR) is 61.5 cm³/mol. The number of alkyl halides is 1.